The van der Waals surface area contributed by atoms with E-state index < -0.39 is 0 Å². The number of ether oxygens (including phenoxy) is 1. The van der Waals surface area contributed by atoms with Gasteiger partial charge in [0.25, 0.3) is 5.91 Å². The first-order chi connectivity index (χ1) is 13.0. The van der Waals surface area contributed by atoms with E-state index in [0.29, 0.717) is 25.3 Å². The van der Waals surface area contributed by atoms with Crippen molar-refractivity contribution < 1.29 is 9.53 Å². The van der Waals surface area contributed by atoms with Crippen molar-refractivity contribution in [2.45, 2.75) is 27.2 Å². The van der Waals surface area contributed by atoms with E-state index in [9.17, 15) is 4.79 Å². The lowest BCUT2D eigenvalue weighted by atomic mass is 10.0. The van der Waals surface area contributed by atoms with Gasteiger partial charge in [0.05, 0.1) is 22.5 Å². The summed E-state index contributed by atoms with van der Waals surface area (Å²) in [6.07, 6.45) is 0.788. The molecule has 0 fully saturated rings. The standard InChI is InChI=1S/C21H26N4O2/c1-5-27-12-8-11-22-21(26)17-13-19(20-14(2)24-25(4)15(20)3)23-18-10-7-6-9-16(17)18/h6-7,9-10,13H,5,8,11-12H2,1-4H3,(H,22,26). The third-order valence-electron chi connectivity index (χ3n) is 4.68. The topological polar surface area (TPSA) is 69.0 Å². The Bertz CT molecular complexity index is 962. The first-order valence-corrected chi connectivity index (χ1v) is 9.29. The van der Waals surface area contributed by atoms with Gasteiger partial charge in [-0.3, -0.25) is 9.48 Å². The van der Waals surface area contributed by atoms with Crippen LogP contribution in [0.15, 0.2) is 30.3 Å². The molecule has 0 spiro atoms. The number of fused-ring (bicyclic) bond motifs is 1. The fourth-order valence-electron chi connectivity index (χ4n) is 3.25. The number of benzene rings is 1. The third kappa shape index (κ3) is 4.01. The molecule has 0 aliphatic carbocycles. The van der Waals surface area contributed by atoms with Crippen molar-refractivity contribution in [3.63, 3.8) is 0 Å². The Labute approximate surface area is 159 Å². The molecule has 2 aromatic heterocycles. The summed E-state index contributed by atoms with van der Waals surface area (Å²) in [6.45, 7) is 7.86. The molecule has 0 aliphatic heterocycles. The van der Waals surface area contributed by atoms with Crippen molar-refractivity contribution in [2.24, 2.45) is 7.05 Å². The maximum Gasteiger partial charge on any atom is 0.252 e. The number of carbonyl (C=O) groups is 1. The molecule has 0 radical (unpaired) electrons. The summed E-state index contributed by atoms with van der Waals surface area (Å²) in [7, 11) is 1.92. The quantitative estimate of drug-likeness (QED) is 0.651. The van der Waals surface area contributed by atoms with E-state index in [0.717, 1.165) is 40.0 Å². The number of pyridine rings is 1. The first-order valence-electron chi connectivity index (χ1n) is 9.29. The Balaban J connectivity index is 1.97. The molecule has 0 unspecified atom stereocenters. The zero-order chi connectivity index (χ0) is 19.4. The largest absolute Gasteiger partial charge is 0.382 e. The van der Waals surface area contributed by atoms with Crippen LogP contribution in [-0.2, 0) is 11.8 Å². The second kappa shape index (κ2) is 8.31. The van der Waals surface area contributed by atoms with Crippen LogP contribution in [0.5, 0.6) is 0 Å². The van der Waals surface area contributed by atoms with Gasteiger partial charge in [-0.15, -0.1) is 0 Å². The Morgan fingerprint density at radius 2 is 2.04 bits per heavy atom. The average molecular weight is 366 g/mol. The number of rotatable bonds is 7. The van der Waals surface area contributed by atoms with Crippen LogP contribution in [0.4, 0.5) is 0 Å². The van der Waals surface area contributed by atoms with Gasteiger partial charge in [0.2, 0.25) is 0 Å². The fourth-order valence-corrected chi connectivity index (χ4v) is 3.25. The van der Waals surface area contributed by atoms with Gasteiger partial charge in [-0.25, -0.2) is 4.98 Å². The van der Waals surface area contributed by atoms with Gasteiger partial charge >= 0.3 is 0 Å². The monoisotopic (exact) mass is 366 g/mol. The predicted octanol–water partition coefficient (Wildman–Crippen LogP) is 3.41. The third-order valence-corrected chi connectivity index (χ3v) is 4.68. The number of aryl methyl sites for hydroxylation is 2. The first kappa shape index (κ1) is 19.0. The molecule has 1 aromatic carbocycles. The van der Waals surface area contributed by atoms with E-state index in [2.05, 4.69) is 10.4 Å². The van der Waals surface area contributed by atoms with Gasteiger partial charge in [0.1, 0.15) is 0 Å². The lowest BCUT2D eigenvalue weighted by Crippen LogP contribution is -2.25. The maximum absolute atomic E-state index is 12.8. The summed E-state index contributed by atoms with van der Waals surface area (Å²) >= 11 is 0. The van der Waals surface area contributed by atoms with Crippen LogP contribution < -0.4 is 5.32 Å². The van der Waals surface area contributed by atoms with E-state index in [1.165, 1.54) is 0 Å². The Morgan fingerprint density at radius 1 is 1.26 bits per heavy atom. The number of nitrogens with zero attached hydrogens (tertiary/aromatic N) is 3. The van der Waals surface area contributed by atoms with Crippen molar-refractivity contribution in [1.29, 1.82) is 0 Å². The predicted molar refractivity (Wildman–Crippen MR) is 107 cm³/mol. The number of para-hydroxylation sites is 1. The molecule has 3 rings (SSSR count). The minimum atomic E-state index is -0.0921. The average Bonchev–Trinajstić information content (AvgIpc) is 2.92. The molecule has 0 saturated heterocycles. The summed E-state index contributed by atoms with van der Waals surface area (Å²) in [5, 5.41) is 8.33. The van der Waals surface area contributed by atoms with Crippen LogP contribution in [-0.4, -0.2) is 40.4 Å². The van der Waals surface area contributed by atoms with Gasteiger partial charge in [-0.2, -0.15) is 5.10 Å². The molecular weight excluding hydrogens is 340 g/mol. The summed E-state index contributed by atoms with van der Waals surface area (Å²) in [5.74, 6) is -0.0921. The second-order valence-corrected chi connectivity index (χ2v) is 6.55. The molecule has 0 atom stereocenters. The number of aromatic nitrogens is 3. The zero-order valence-electron chi connectivity index (χ0n) is 16.4. The van der Waals surface area contributed by atoms with Crippen molar-refractivity contribution in [2.75, 3.05) is 19.8 Å². The Kier molecular flexibility index (Phi) is 5.86. The molecule has 1 amide bonds. The Hall–Kier alpha value is -2.73. The van der Waals surface area contributed by atoms with E-state index in [-0.39, 0.29) is 5.91 Å². The number of nitrogens with one attached hydrogen (secondary N) is 1. The van der Waals surface area contributed by atoms with E-state index in [1.54, 1.807) is 0 Å². The van der Waals surface area contributed by atoms with Gasteiger partial charge < -0.3 is 10.1 Å². The highest BCUT2D eigenvalue weighted by Crippen LogP contribution is 2.29. The normalized spacial score (nSPS) is 11.1. The minimum absolute atomic E-state index is 0.0921. The highest BCUT2D eigenvalue weighted by atomic mass is 16.5. The van der Waals surface area contributed by atoms with Gasteiger partial charge in [0.15, 0.2) is 0 Å². The van der Waals surface area contributed by atoms with Crippen LogP contribution >= 0.6 is 0 Å². The number of carbonyl (C=O) groups excluding carboxylic acids is 1. The number of hydrogen-bond donors (Lipinski definition) is 1. The van der Waals surface area contributed by atoms with Crippen LogP contribution in [0.2, 0.25) is 0 Å². The molecule has 0 saturated carbocycles. The molecule has 6 heteroatoms. The van der Waals surface area contributed by atoms with Crippen LogP contribution in [0, 0.1) is 13.8 Å². The van der Waals surface area contributed by atoms with Gasteiger partial charge in [-0.1, -0.05) is 18.2 Å². The maximum atomic E-state index is 12.8. The summed E-state index contributed by atoms with van der Waals surface area (Å²) in [4.78, 5) is 17.6. The molecule has 3 aromatic rings. The molecule has 27 heavy (non-hydrogen) atoms. The molecule has 2 heterocycles. The van der Waals surface area contributed by atoms with Crippen molar-refractivity contribution in [3.8, 4) is 11.3 Å². The van der Waals surface area contributed by atoms with Gasteiger partial charge in [0, 0.05) is 43.4 Å². The molecule has 1 N–H and O–H groups in total. The SMILES string of the molecule is CCOCCCNC(=O)c1cc(-c2c(C)nn(C)c2C)nc2ccccc12. The van der Waals surface area contributed by atoms with Crippen molar-refractivity contribution >= 4 is 16.8 Å². The number of amides is 1. The van der Waals surface area contributed by atoms with E-state index in [1.807, 2.05) is 62.8 Å². The van der Waals surface area contributed by atoms with Crippen molar-refractivity contribution in [3.05, 3.63) is 47.3 Å². The van der Waals surface area contributed by atoms with Crippen LogP contribution in [0.3, 0.4) is 0 Å². The fraction of sp³-hybridized carbons (Fsp3) is 0.381. The highest BCUT2D eigenvalue weighted by molar-refractivity contribution is 6.07. The number of hydrogen-bond acceptors (Lipinski definition) is 4. The van der Waals surface area contributed by atoms with Crippen LogP contribution in [0.1, 0.15) is 35.1 Å². The molecule has 0 aliphatic rings. The van der Waals surface area contributed by atoms with Crippen LogP contribution in [0.25, 0.3) is 22.2 Å². The smallest absolute Gasteiger partial charge is 0.252 e. The molecule has 6 nitrogen and oxygen atoms in total. The summed E-state index contributed by atoms with van der Waals surface area (Å²) < 4.78 is 7.17. The summed E-state index contributed by atoms with van der Waals surface area (Å²) in [6, 6.07) is 9.61. The van der Waals surface area contributed by atoms with Gasteiger partial charge in [-0.05, 0) is 39.3 Å². The summed E-state index contributed by atoms with van der Waals surface area (Å²) in [5.41, 5.74) is 5.12. The zero-order valence-corrected chi connectivity index (χ0v) is 16.4. The molecule has 0 bridgehead atoms. The van der Waals surface area contributed by atoms with E-state index in [4.69, 9.17) is 9.72 Å². The second-order valence-electron chi connectivity index (χ2n) is 6.55. The lowest BCUT2D eigenvalue weighted by Gasteiger charge is -2.11. The minimum Gasteiger partial charge on any atom is -0.382 e. The lowest BCUT2D eigenvalue weighted by molar-refractivity contribution is 0.0946. The highest BCUT2D eigenvalue weighted by Gasteiger charge is 2.18. The van der Waals surface area contributed by atoms with E-state index >= 15 is 0 Å². The van der Waals surface area contributed by atoms with Crippen molar-refractivity contribution in [1.82, 2.24) is 20.1 Å². The Morgan fingerprint density at radius 3 is 2.74 bits per heavy atom. The molecular formula is C21H26N4O2. The molecule has 142 valence electrons.